The molecule has 2 aromatic rings. The van der Waals surface area contributed by atoms with Crippen LogP contribution in [0.4, 0.5) is 0 Å². The molecule has 0 aliphatic carbocycles. The Balaban J connectivity index is 2.32. The van der Waals surface area contributed by atoms with Crippen molar-refractivity contribution in [3.63, 3.8) is 0 Å². The Hall–Kier alpha value is -1.72. The monoisotopic (exact) mass is 239 g/mol. The molecule has 0 aliphatic heterocycles. The zero-order chi connectivity index (χ0) is 12.3. The molecule has 0 aliphatic rings. The zero-order valence-corrected chi connectivity index (χ0v) is 10.7. The smallest absolute Gasteiger partial charge is 0.100 e. The van der Waals surface area contributed by atoms with Gasteiger partial charge in [-0.3, -0.25) is 0 Å². The summed E-state index contributed by atoms with van der Waals surface area (Å²) in [5, 5.41) is 9.07. The lowest BCUT2D eigenvalue weighted by Crippen LogP contribution is -1.83. The van der Waals surface area contributed by atoms with Crippen molar-refractivity contribution in [3.8, 4) is 6.07 Å². The van der Waals surface area contributed by atoms with E-state index in [0.717, 1.165) is 15.4 Å². The van der Waals surface area contributed by atoms with Crippen LogP contribution in [-0.4, -0.2) is 0 Å². The summed E-state index contributed by atoms with van der Waals surface area (Å²) in [4.78, 5) is 2.19. The molecule has 0 atom stereocenters. The first-order chi connectivity index (χ1) is 8.19. The molecule has 0 saturated carbocycles. The molecule has 0 radical (unpaired) electrons. The van der Waals surface area contributed by atoms with Gasteiger partial charge in [0.05, 0.1) is 5.56 Å². The third-order valence-corrected chi connectivity index (χ3v) is 3.57. The molecule has 2 aromatic carbocycles. The van der Waals surface area contributed by atoms with Crippen LogP contribution in [0.25, 0.3) is 0 Å². The Morgan fingerprint density at radius 1 is 0.941 bits per heavy atom. The Morgan fingerprint density at radius 2 is 1.59 bits per heavy atom. The van der Waals surface area contributed by atoms with E-state index in [9.17, 15) is 0 Å². The van der Waals surface area contributed by atoms with Gasteiger partial charge in [0.25, 0.3) is 0 Å². The molecule has 17 heavy (non-hydrogen) atoms. The highest BCUT2D eigenvalue weighted by molar-refractivity contribution is 7.99. The van der Waals surface area contributed by atoms with Crippen molar-refractivity contribution in [3.05, 3.63) is 59.2 Å². The van der Waals surface area contributed by atoms with Crippen LogP contribution >= 0.6 is 11.8 Å². The molecule has 0 unspecified atom stereocenters. The van der Waals surface area contributed by atoms with Crippen molar-refractivity contribution < 1.29 is 0 Å². The first-order valence-corrected chi connectivity index (χ1v) is 6.26. The molecule has 0 amide bonds. The van der Waals surface area contributed by atoms with Crippen LogP contribution in [0.3, 0.4) is 0 Å². The molecule has 0 saturated heterocycles. The van der Waals surface area contributed by atoms with Crippen LogP contribution in [0.1, 0.15) is 16.7 Å². The van der Waals surface area contributed by atoms with Crippen LogP contribution in [0.5, 0.6) is 0 Å². The number of hydrogen-bond donors (Lipinski definition) is 0. The Morgan fingerprint density at radius 3 is 2.24 bits per heavy atom. The number of aryl methyl sites for hydroxylation is 2. The average Bonchev–Trinajstić information content (AvgIpc) is 2.32. The molecule has 0 bridgehead atoms. The van der Waals surface area contributed by atoms with E-state index < -0.39 is 0 Å². The Bertz CT molecular complexity index is 564. The summed E-state index contributed by atoms with van der Waals surface area (Å²) in [6.45, 7) is 4.11. The number of benzene rings is 2. The molecule has 2 rings (SSSR count). The fraction of sp³-hybridized carbons (Fsp3) is 0.133. The number of rotatable bonds is 2. The van der Waals surface area contributed by atoms with Gasteiger partial charge in [0, 0.05) is 9.79 Å². The molecule has 0 N–H and O–H groups in total. The zero-order valence-electron chi connectivity index (χ0n) is 9.90. The second-order valence-electron chi connectivity index (χ2n) is 4.03. The fourth-order valence-electron chi connectivity index (χ4n) is 1.54. The standard InChI is InChI=1S/C15H13NS/c1-11-4-7-14(8-5-11)17-15-9-12(2)3-6-13(15)10-16/h3-9H,1-2H3. The van der Waals surface area contributed by atoms with E-state index in [-0.39, 0.29) is 0 Å². The van der Waals surface area contributed by atoms with Gasteiger partial charge in [0.2, 0.25) is 0 Å². The summed E-state index contributed by atoms with van der Waals surface area (Å²) in [5.41, 5.74) is 3.17. The lowest BCUT2D eigenvalue weighted by molar-refractivity contribution is 1.30. The van der Waals surface area contributed by atoms with Crippen molar-refractivity contribution in [1.82, 2.24) is 0 Å². The van der Waals surface area contributed by atoms with Gasteiger partial charge in [-0.15, -0.1) is 0 Å². The number of nitriles is 1. The van der Waals surface area contributed by atoms with Crippen molar-refractivity contribution in [2.75, 3.05) is 0 Å². The first kappa shape index (κ1) is 11.8. The Labute approximate surface area is 106 Å². The molecule has 0 fully saturated rings. The van der Waals surface area contributed by atoms with E-state index in [1.54, 1.807) is 11.8 Å². The van der Waals surface area contributed by atoms with Crippen molar-refractivity contribution in [1.29, 1.82) is 5.26 Å². The van der Waals surface area contributed by atoms with Gasteiger partial charge in [-0.05, 0) is 43.7 Å². The van der Waals surface area contributed by atoms with E-state index in [4.69, 9.17) is 5.26 Å². The van der Waals surface area contributed by atoms with Crippen LogP contribution in [0.2, 0.25) is 0 Å². The van der Waals surface area contributed by atoms with Crippen molar-refractivity contribution >= 4 is 11.8 Å². The highest BCUT2D eigenvalue weighted by atomic mass is 32.2. The van der Waals surface area contributed by atoms with Crippen LogP contribution in [0.15, 0.2) is 52.3 Å². The predicted molar refractivity (Wildman–Crippen MR) is 71.2 cm³/mol. The normalized spacial score (nSPS) is 9.94. The van der Waals surface area contributed by atoms with Crippen LogP contribution < -0.4 is 0 Å². The topological polar surface area (TPSA) is 23.8 Å². The molecular formula is C15H13NS. The van der Waals surface area contributed by atoms with E-state index in [1.807, 2.05) is 19.1 Å². The summed E-state index contributed by atoms with van der Waals surface area (Å²) in [7, 11) is 0. The molecule has 0 aromatic heterocycles. The van der Waals surface area contributed by atoms with E-state index in [1.165, 1.54) is 11.1 Å². The maximum Gasteiger partial charge on any atom is 0.100 e. The third-order valence-electron chi connectivity index (χ3n) is 2.51. The summed E-state index contributed by atoms with van der Waals surface area (Å²) >= 11 is 1.64. The van der Waals surface area contributed by atoms with Gasteiger partial charge < -0.3 is 0 Å². The van der Waals surface area contributed by atoms with Gasteiger partial charge in [-0.1, -0.05) is 35.5 Å². The van der Waals surface area contributed by atoms with Gasteiger partial charge in [-0.25, -0.2) is 0 Å². The average molecular weight is 239 g/mol. The molecule has 2 heteroatoms. The summed E-state index contributed by atoms with van der Waals surface area (Å²) < 4.78 is 0. The van der Waals surface area contributed by atoms with E-state index in [2.05, 4.69) is 43.3 Å². The number of nitrogens with zero attached hydrogens (tertiary/aromatic N) is 1. The second-order valence-corrected chi connectivity index (χ2v) is 5.14. The molecule has 84 valence electrons. The minimum absolute atomic E-state index is 0.737. The maximum atomic E-state index is 9.07. The summed E-state index contributed by atoms with van der Waals surface area (Å²) in [5.74, 6) is 0. The highest BCUT2D eigenvalue weighted by Crippen LogP contribution is 2.31. The van der Waals surface area contributed by atoms with E-state index >= 15 is 0 Å². The maximum absolute atomic E-state index is 9.07. The van der Waals surface area contributed by atoms with Gasteiger partial charge in [0.1, 0.15) is 6.07 Å². The van der Waals surface area contributed by atoms with Crippen LogP contribution in [-0.2, 0) is 0 Å². The first-order valence-electron chi connectivity index (χ1n) is 5.44. The van der Waals surface area contributed by atoms with E-state index in [0.29, 0.717) is 0 Å². The van der Waals surface area contributed by atoms with Crippen molar-refractivity contribution in [2.24, 2.45) is 0 Å². The SMILES string of the molecule is Cc1ccc(Sc2cc(C)ccc2C#N)cc1. The molecule has 1 nitrogen and oxygen atoms in total. The Kier molecular flexibility index (Phi) is 3.51. The third kappa shape index (κ3) is 2.89. The predicted octanol–water partition coefficient (Wildman–Crippen LogP) is 4.33. The molecule has 0 heterocycles. The fourth-order valence-corrected chi connectivity index (χ4v) is 2.53. The molecular weight excluding hydrogens is 226 g/mol. The van der Waals surface area contributed by atoms with Gasteiger partial charge in [-0.2, -0.15) is 5.26 Å². The lowest BCUT2D eigenvalue weighted by Gasteiger charge is -2.05. The van der Waals surface area contributed by atoms with Crippen molar-refractivity contribution in [2.45, 2.75) is 23.6 Å². The largest absolute Gasteiger partial charge is 0.192 e. The highest BCUT2D eigenvalue weighted by Gasteiger charge is 2.04. The summed E-state index contributed by atoms with van der Waals surface area (Å²) in [6.07, 6.45) is 0. The minimum Gasteiger partial charge on any atom is -0.192 e. The minimum atomic E-state index is 0.737. The van der Waals surface area contributed by atoms with Crippen LogP contribution in [0, 0.1) is 25.2 Å². The van der Waals surface area contributed by atoms with Gasteiger partial charge >= 0.3 is 0 Å². The van der Waals surface area contributed by atoms with Gasteiger partial charge in [0.15, 0.2) is 0 Å². The summed E-state index contributed by atoms with van der Waals surface area (Å²) in [6, 6.07) is 16.5. The lowest BCUT2D eigenvalue weighted by atomic mass is 10.2. The second kappa shape index (κ2) is 5.07. The molecule has 0 spiro atoms. The quantitative estimate of drug-likeness (QED) is 0.779. The number of hydrogen-bond acceptors (Lipinski definition) is 2.